The molecule has 8 rings (SSSR count). The summed E-state index contributed by atoms with van der Waals surface area (Å²) in [6.07, 6.45) is 21.9. The fourth-order valence-corrected chi connectivity index (χ4v) is 12.5. The molecule has 28 heteroatoms. The van der Waals surface area contributed by atoms with Crippen LogP contribution in [0.1, 0.15) is 201 Å². The van der Waals surface area contributed by atoms with E-state index in [9.17, 15) is 38.4 Å². The summed E-state index contributed by atoms with van der Waals surface area (Å²) in [4.78, 5) is 87.3. The Bertz CT molecular complexity index is 3930. The molecule has 145 heavy (non-hydrogen) atoms. The topological polar surface area (TPSA) is 344 Å². The molecule has 0 aromatic heterocycles. The number of rotatable bonds is 65. The number of carbonyl (C=O) groups is 8. The first kappa shape index (κ1) is 132. The molecule has 0 radical (unpaired) electrons. The molecule has 0 saturated heterocycles. The molecule has 0 bridgehead atoms. The zero-order valence-electron chi connectivity index (χ0n) is 90.5. The van der Waals surface area contributed by atoms with Gasteiger partial charge < -0.3 is 99.4 Å². The Morgan fingerprint density at radius 2 is 0.400 bits per heavy atom. The lowest BCUT2D eigenvalue weighted by atomic mass is 10.0. The van der Waals surface area contributed by atoms with Crippen molar-refractivity contribution in [3.8, 4) is 17.2 Å². The molecular weight excluding hydrogens is 1840 g/mol. The average Bonchev–Trinajstić information content (AvgIpc) is 0.962. The first-order valence-electron chi connectivity index (χ1n) is 51.5. The van der Waals surface area contributed by atoms with E-state index in [1.807, 2.05) is 74.5 Å². The minimum atomic E-state index is -0.128. The van der Waals surface area contributed by atoms with Crippen LogP contribution in [0.5, 0.6) is 17.2 Å². The molecular formula is C117H178N8O20. The van der Waals surface area contributed by atoms with Crippen molar-refractivity contribution < 1.29 is 95.2 Å². The van der Waals surface area contributed by atoms with Crippen molar-refractivity contribution in [2.45, 2.75) is 216 Å². The minimum Gasteiger partial charge on any atom is -0.494 e. The quantitative estimate of drug-likeness (QED) is 0.0164. The van der Waals surface area contributed by atoms with Crippen LogP contribution in [-0.2, 0) is 113 Å². The van der Waals surface area contributed by atoms with E-state index in [-0.39, 0.29) is 67.1 Å². The van der Waals surface area contributed by atoms with E-state index in [0.717, 1.165) is 140 Å². The smallest absolute Gasteiger partial charge is 0.245 e. The summed E-state index contributed by atoms with van der Waals surface area (Å²) in [7, 11) is 13.1. The van der Waals surface area contributed by atoms with Gasteiger partial charge in [-0.15, -0.1) is 0 Å². The summed E-state index contributed by atoms with van der Waals surface area (Å²) >= 11 is 0. The van der Waals surface area contributed by atoms with Crippen LogP contribution >= 0.6 is 0 Å². The fraction of sp³-hybridized carbons (Fsp3) is 0.521. The maximum Gasteiger partial charge on any atom is 0.245 e. The Kier molecular flexibility index (Phi) is 83.9. The van der Waals surface area contributed by atoms with Crippen LogP contribution in [0.3, 0.4) is 0 Å². The molecule has 0 heterocycles. The van der Waals surface area contributed by atoms with Crippen molar-refractivity contribution in [3.63, 3.8) is 0 Å². The molecule has 28 nitrogen and oxygen atoms in total. The number of unbranched alkanes of at least 4 members (excludes halogenated alkanes) is 7. The maximum atomic E-state index is 11.0. The lowest BCUT2D eigenvalue weighted by Crippen LogP contribution is -2.24. The predicted molar refractivity (Wildman–Crippen MR) is 582 cm³/mol. The Morgan fingerprint density at radius 3 is 0.786 bits per heavy atom. The van der Waals surface area contributed by atoms with Gasteiger partial charge in [0.25, 0.3) is 0 Å². The van der Waals surface area contributed by atoms with Gasteiger partial charge in [-0.25, -0.2) is 0 Å². The largest absolute Gasteiger partial charge is 0.494 e. The molecule has 8 amide bonds. The molecule has 0 saturated carbocycles. The van der Waals surface area contributed by atoms with E-state index in [4.69, 9.17) is 56.8 Å². The van der Waals surface area contributed by atoms with Gasteiger partial charge in [-0.2, -0.15) is 0 Å². The third-order valence-electron chi connectivity index (χ3n) is 21.7. The minimum absolute atomic E-state index is 0.0311. The van der Waals surface area contributed by atoms with Crippen LogP contribution in [0.2, 0.25) is 0 Å². The molecule has 8 aromatic carbocycles. The number of hydrogen-bond donors (Lipinski definition) is 8. The van der Waals surface area contributed by atoms with Gasteiger partial charge in [0.05, 0.1) is 59.5 Å². The second-order valence-electron chi connectivity index (χ2n) is 34.6. The van der Waals surface area contributed by atoms with Gasteiger partial charge in [-0.1, -0.05) is 221 Å². The predicted octanol–water partition coefficient (Wildman–Crippen LogP) is 17.7. The van der Waals surface area contributed by atoms with Gasteiger partial charge in [-0.3, -0.25) is 38.4 Å². The summed E-state index contributed by atoms with van der Waals surface area (Å²) in [5, 5.41) is 20.5. The van der Waals surface area contributed by atoms with E-state index in [2.05, 4.69) is 218 Å². The van der Waals surface area contributed by atoms with Crippen LogP contribution in [0, 0.1) is 55.4 Å². The summed E-state index contributed by atoms with van der Waals surface area (Å²) in [6, 6.07) is 66.7. The standard InChI is InChI=1S/C16H25NO3.2C15H23NO4.C15H23NO.4C14H21NO2/c1-14-7-9-15(10-8-14)20-12-6-4-3-5-11-19-13-16(18)17-2;1-13-4-6-14(7-5-13)20-9-3-8-18-10-11-19-12-15(17)16-2;1-13-4-6-14(7-5-13)20-11-10-18-8-3-9-19-12-15(17)16-2;1-13-9-11-14(12-10-13)7-5-3-4-6-8-15(17)16-2;1-12-5-7-13(8-6-12)9-11-17-10-3-4-14(16)15-2;2*1-12-5-7-13(8-6-12)4-3-10-17-11-9-14(16)15-2;1-12-6-8-13(9-7-12)11-17-10-4-3-5-14(16)15-2/h7-10H,3-6,11-13H2,1-2H3,(H,17,18);2*4-7H,3,8-12H2,1-2H3,(H,16,17);9-12H,3-8H2,1-2H3,(H,16,17);3*5-8H,3-4,9-11H2,1-2H3,(H,15,16);6-9H,3-5,10-11H2,1-2H3,(H,15,16). The van der Waals surface area contributed by atoms with Crippen molar-refractivity contribution in [2.75, 3.05) is 189 Å². The summed E-state index contributed by atoms with van der Waals surface area (Å²) in [6.45, 7) is 27.9. The third kappa shape index (κ3) is 82.4. The van der Waals surface area contributed by atoms with Crippen molar-refractivity contribution in [3.05, 3.63) is 266 Å². The summed E-state index contributed by atoms with van der Waals surface area (Å²) in [5.74, 6) is 2.75. The second kappa shape index (κ2) is 92.4. The Labute approximate surface area is 868 Å². The number of nitrogens with one attached hydrogen (secondary N) is 8. The molecule has 0 unspecified atom stereocenters. The van der Waals surface area contributed by atoms with Gasteiger partial charge in [0.1, 0.15) is 43.7 Å². The highest BCUT2D eigenvalue weighted by molar-refractivity contribution is 5.78. The third-order valence-corrected chi connectivity index (χ3v) is 21.7. The molecule has 0 aliphatic heterocycles. The van der Waals surface area contributed by atoms with Gasteiger partial charge in [-0.05, 0) is 216 Å². The molecule has 0 spiro atoms. The van der Waals surface area contributed by atoms with Crippen molar-refractivity contribution in [1.82, 2.24) is 42.5 Å². The Balaban J connectivity index is 0.000000829. The van der Waals surface area contributed by atoms with Gasteiger partial charge in [0.15, 0.2) is 0 Å². The summed E-state index contributed by atoms with van der Waals surface area (Å²) < 4.78 is 64.8. The number of hydrogen-bond acceptors (Lipinski definition) is 20. The van der Waals surface area contributed by atoms with E-state index < -0.39 is 0 Å². The van der Waals surface area contributed by atoms with E-state index in [0.29, 0.717) is 138 Å². The lowest BCUT2D eigenvalue weighted by Gasteiger charge is -2.07. The highest BCUT2D eigenvalue weighted by atomic mass is 16.5. The molecule has 0 fully saturated rings. The second-order valence-corrected chi connectivity index (χ2v) is 34.6. The Morgan fingerprint density at radius 1 is 0.172 bits per heavy atom. The highest BCUT2D eigenvalue weighted by Gasteiger charge is 2.08. The first-order valence-corrected chi connectivity index (χ1v) is 51.5. The number of amides is 8. The Hall–Kier alpha value is -11.4. The lowest BCUT2D eigenvalue weighted by molar-refractivity contribution is -0.126. The number of benzene rings is 8. The van der Waals surface area contributed by atoms with Crippen LogP contribution in [0.15, 0.2) is 194 Å². The van der Waals surface area contributed by atoms with Crippen LogP contribution in [0.25, 0.3) is 0 Å². The first-order chi connectivity index (χ1) is 70.3. The SMILES string of the molecule is CNC(=O)CCCCCCc1ccc(C)cc1.CNC(=O)CCCCOCc1ccc(C)cc1.CNC(=O)CCCOCCc1ccc(C)cc1.CNC(=O)CCOCCCc1ccc(C)cc1.CNC(=O)CCOCCCc1ccc(C)cc1.CNC(=O)COCCCCCCOc1ccc(C)cc1.CNC(=O)COCCCOCCOc1ccc(C)cc1.CNC(=O)COCCOCCCOc1ccc(C)cc1. The zero-order valence-corrected chi connectivity index (χ0v) is 90.5. The molecule has 8 N–H and O–H groups in total. The van der Waals surface area contributed by atoms with Crippen molar-refractivity contribution in [2.24, 2.45) is 0 Å². The summed E-state index contributed by atoms with van der Waals surface area (Å²) in [5.41, 5.74) is 16.7. The van der Waals surface area contributed by atoms with Crippen LogP contribution in [-0.4, -0.2) is 236 Å². The van der Waals surface area contributed by atoms with Crippen molar-refractivity contribution >= 4 is 47.3 Å². The van der Waals surface area contributed by atoms with Gasteiger partial charge in [0.2, 0.25) is 47.3 Å². The molecule has 8 aromatic rings. The monoisotopic (exact) mass is 2020 g/mol. The molecule has 0 atom stereocenters. The van der Waals surface area contributed by atoms with Crippen molar-refractivity contribution in [1.29, 1.82) is 0 Å². The van der Waals surface area contributed by atoms with Crippen LogP contribution in [0.4, 0.5) is 0 Å². The average molecular weight is 2020 g/mol. The number of likely N-dealkylation sites (N-methyl/N-ethyl adjacent to an activating group) is 3. The van der Waals surface area contributed by atoms with E-state index in [1.165, 1.54) is 85.2 Å². The van der Waals surface area contributed by atoms with Gasteiger partial charge in [0, 0.05) is 148 Å². The molecule has 0 aliphatic carbocycles. The zero-order chi connectivity index (χ0) is 106. The number of ether oxygens (including phenoxy) is 12. The molecule has 806 valence electrons. The van der Waals surface area contributed by atoms with E-state index >= 15 is 0 Å². The highest BCUT2D eigenvalue weighted by Crippen LogP contribution is 2.18. The van der Waals surface area contributed by atoms with E-state index in [1.54, 1.807) is 56.4 Å². The normalized spacial score (nSPS) is 10.3. The maximum absolute atomic E-state index is 11.0. The number of carbonyl (C=O) groups excluding carboxylic acids is 8. The fourth-order valence-electron chi connectivity index (χ4n) is 12.5. The van der Waals surface area contributed by atoms with Crippen LogP contribution < -0.4 is 56.7 Å². The molecule has 0 aliphatic rings. The number of aryl methyl sites for hydroxylation is 11. The van der Waals surface area contributed by atoms with Gasteiger partial charge >= 0.3 is 0 Å².